The Kier molecular flexibility index (Phi) is 6.40. The van der Waals surface area contributed by atoms with Crippen molar-refractivity contribution in [1.29, 1.82) is 0 Å². The Hall–Kier alpha value is -2.46. The van der Waals surface area contributed by atoms with Crippen LogP contribution in [0, 0.1) is 0 Å². The second kappa shape index (κ2) is 8.96. The number of carbonyl (C=O) groups excluding carboxylic acids is 2. The number of para-hydroxylation sites is 1. The van der Waals surface area contributed by atoms with Crippen molar-refractivity contribution in [3.63, 3.8) is 0 Å². The van der Waals surface area contributed by atoms with Crippen molar-refractivity contribution in [2.45, 2.75) is 45.1 Å². The quantitative estimate of drug-likeness (QED) is 0.765. The third kappa shape index (κ3) is 5.04. The topological polar surface area (TPSA) is 49.4 Å². The maximum Gasteiger partial charge on any atom is 0.255 e. The molecule has 3 rings (SSSR count). The minimum absolute atomic E-state index is 0.0000144. The molecular weight excluding hydrogens is 336 g/mol. The number of anilines is 1. The van der Waals surface area contributed by atoms with Crippen molar-refractivity contribution in [3.05, 3.63) is 65.2 Å². The van der Waals surface area contributed by atoms with Crippen molar-refractivity contribution >= 4 is 17.4 Å². The molecule has 2 aromatic carbocycles. The molecule has 27 heavy (non-hydrogen) atoms. The van der Waals surface area contributed by atoms with Gasteiger partial charge in [-0.25, -0.2) is 0 Å². The second-order valence-electron chi connectivity index (χ2n) is 7.41. The van der Waals surface area contributed by atoms with Crippen LogP contribution >= 0.6 is 0 Å². The molecule has 4 nitrogen and oxygen atoms in total. The van der Waals surface area contributed by atoms with Crippen LogP contribution in [0.1, 0.15) is 58.9 Å². The van der Waals surface area contributed by atoms with Crippen LogP contribution in [0.25, 0.3) is 0 Å². The van der Waals surface area contributed by atoms with Gasteiger partial charge in [0.25, 0.3) is 5.91 Å². The lowest BCUT2D eigenvalue weighted by Crippen LogP contribution is -2.36. The summed E-state index contributed by atoms with van der Waals surface area (Å²) in [5.74, 6) is -0.146. The molecule has 0 saturated carbocycles. The molecule has 4 heteroatoms. The lowest BCUT2D eigenvalue weighted by Gasteiger charge is -2.32. The Morgan fingerprint density at radius 3 is 2.44 bits per heavy atom. The summed E-state index contributed by atoms with van der Waals surface area (Å²) in [6, 6.07) is 15.4. The van der Waals surface area contributed by atoms with E-state index in [4.69, 9.17) is 0 Å². The molecular formula is C23H28N2O2. The van der Waals surface area contributed by atoms with Crippen LogP contribution in [-0.4, -0.2) is 36.2 Å². The van der Waals surface area contributed by atoms with Crippen molar-refractivity contribution < 1.29 is 9.59 Å². The van der Waals surface area contributed by atoms with Gasteiger partial charge in [0.15, 0.2) is 5.78 Å². The number of amides is 1. The highest BCUT2D eigenvalue weighted by atomic mass is 16.1. The highest BCUT2D eigenvalue weighted by molar-refractivity contribution is 6.05. The number of Topliss-reactive ketones (excluding diaryl/α,β-unsaturated/α-hetero) is 1. The number of nitrogens with one attached hydrogen (secondary N) is 1. The fourth-order valence-electron chi connectivity index (χ4n) is 3.74. The highest BCUT2D eigenvalue weighted by Gasteiger charge is 2.19. The van der Waals surface area contributed by atoms with Crippen molar-refractivity contribution in [1.82, 2.24) is 4.90 Å². The van der Waals surface area contributed by atoms with Gasteiger partial charge in [0.1, 0.15) is 0 Å². The van der Waals surface area contributed by atoms with Gasteiger partial charge in [0.05, 0.1) is 0 Å². The maximum absolute atomic E-state index is 12.6. The minimum atomic E-state index is -0.146. The highest BCUT2D eigenvalue weighted by Crippen LogP contribution is 2.23. The van der Waals surface area contributed by atoms with Gasteiger partial charge in [0, 0.05) is 22.9 Å². The molecule has 1 fully saturated rings. The van der Waals surface area contributed by atoms with E-state index in [9.17, 15) is 9.59 Å². The summed E-state index contributed by atoms with van der Waals surface area (Å²) in [6.45, 7) is 2.70. The van der Waals surface area contributed by atoms with Crippen LogP contribution in [-0.2, 0) is 6.42 Å². The van der Waals surface area contributed by atoms with E-state index >= 15 is 0 Å². The Balaban J connectivity index is 1.66. The molecule has 1 aliphatic heterocycles. The lowest BCUT2D eigenvalue weighted by molar-refractivity contribution is 0.100. The summed E-state index contributed by atoms with van der Waals surface area (Å²) in [7, 11) is 2.21. The van der Waals surface area contributed by atoms with Gasteiger partial charge >= 0.3 is 0 Å². The Morgan fingerprint density at radius 1 is 1.04 bits per heavy atom. The number of hydrogen-bond acceptors (Lipinski definition) is 3. The molecule has 0 spiro atoms. The van der Waals surface area contributed by atoms with E-state index in [0.29, 0.717) is 17.2 Å². The van der Waals surface area contributed by atoms with Gasteiger partial charge in [-0.15, -0.1) is 0 Å². The number of benzene rings is 2. The largest absolute Gasteiger partial charge is 0.322 e. The van der Waals surface area contributed by atoms with Gasteiger partial charge in [-0.2, -0.15) is 0 Å². The number of carbonyl (C=O) groups is 2. The monoisotopic (exact) mass is 364 g/mol. The normalized spacial score (nSPS) is 17.5. The second-order valence-corrected chi connectivity index (χ2v) is 7.41. The summed E-state index contributed by atoms with van der Waals surface area (Å²) in [5, 5.41) is 3.04. The molecule has 1 amide bonds. The Labute approximate surface area is 161 Å². The van der Waals surface area contributed by atoms with E-state index in [-0.39, 0.29) is 11.7 Å². The summed E-state index contributed by atoms with van der Waals surface area (Å²) in [6.07, 6.45) is 5.92. The van der Waals surface area contributed by atoms with Gasteiger partial charge in [-0.3, -0.25) is 9.59 Å². The van der Waals surface area contributed by atoms with Crippen LogP contribution in [0.4, 0.5) is 5.69 Å². The zero-order valence-electron chi connectivity index (χ0n) is 16.2. The van der Waals surface area contributed by atoms with E-state index in [1.165, 1.54) is 38.3 Å². The molecule has 2 aromatic rings. The minimum Gasteiger partial charge on any atom is -0.322 e. The zero-order chi connectivity index (χ0) is 19.2. The Morgan fingerprint density at radius 2 is 1.74 bits per heavy atom. The Bertz CT molecular complexity index is 798. The fourth-order valence-corrected chi connectivity index (χ4v) is 3.74. The lowest BCUT2D eigenvalue weighted by atomic mass is 9.96. The summed E-state index contributed by atoms with van der Waals surface area (Å²) in [5.41, 5.74) is 3.21. The standard InChI is InChI=1S/C23H28N2O2/c1-17(26)18-10-12-20(13-11-18)23(27)24-22-9-4-3-7-19(22)14-15-21-8-5-6-16-25(21)2/h3-4,7,9-13,21H,5-6,8,14-16H2,1-2H3,(H,24,27). The van der Waals surface area contributed by atoms with E-state index in [1.807, 2.05) is 18.2 Å². The van der Waals surface area contributed by atoms with Crippen LogP contribution in [0.2, 0.25) is 0 Å². The predicted molar refractivity (Wildman–Crippen MR) is 109 cm³/mol. The van der Waals surface area contributed by atoms with Crippen LogP contribution in [0.3, 0.4) is 0 Å². The number of nitrogens with zero attached hydrogens (tertiary/aromatic N) is 1. The molecule has 1 atom stereocenters. The summed E-state index contributed by atoms with van der Waals surface area (Å²) >= 11 is 0. The maximum atomic E-state index is 12.6. The van der Waals surface area contributed by atoms with Crippen molar-refractivity contribution in [2.24, 2.45) is 0 Å². The van der Waals surface area contributed by atoms with Crippen molar-refractivity contribution in [2.75, 3.05) is 18.9 Å². The molecule has 1 heterocycles. The number of aryl methyl sites for hydroxylation is 1. The van der Waals surface area contributed by atoms with Crippen LogP contribution < -0.4 is 5.32 Å². The molecule has 0 bridgehead atoms. The molecule has 0 radical (unpaired) electrons. The number of likely N-dealkylation sites (tertiary alicyclic amines) is 1. The third-order valence-corrected chi connectivity index (χ3v) is 5.49. The summed E-state index contributed by atoms with van der Waals surface area (Å²) in [4.78, 5) is 26.4. The predicted octanol–water partition coefficient (Wildman–Crippen LogP) is 4.56. The van der Waals surface area contributed by atoms with Gasteiger partial charge in [0.2, 0.25) is 0 Å². The van der Waals surface area contributed by atoms with Gasteiger partial charge in [-0.05, 0) is 70.0 Å². The summed E-state index contributed by atoms with van der Waals surface area (Å²) < 4.78 is 0. The zero-order valence-corrected chi connectivity index (χ0v) is 16.2. The third-order valence-electron chi connectivity index (χ3n) is 5.49. The van der Waals surface area contributed by atoms with E-state index < -0.39 is 0 Å². The van der Waals surface area contributed by atoms with Crippen molar-refractivity contribution in [3.8, 4) is 0 Å². The number of ketones is 1. The fraction of sp³-hybridized carbons (Fsp3) is 0.391. The first kappa shape index (κ1) is 19.3. The smallest absolute Gasteiger partial charge is 0.255 e. The van der Waals surface area contributed by atoms with Gasteiger partial charge < -0.3 is 10.2 Å². The first-order chi connectivity index (χ1) is 13.0. The van der Waals surface area contributed by atoms with E-state index in [0.717, 1.165) is 18.5 Å². The number of piperidine rings is 1. The van der Waals surface area contributed by atoms with E-state index in [1.54, 1.807) is 24.3 Å². The van der Waals surface area contributed by atoms with E-state index in [2.05, 4.69) is 23.3 Å². The molecule has 1 unspecified atom stereocenters. The first-order valence-corrected chi connectivity index (χ1v) is 9.75. The molecule has 0 aliphatic carbocycles. The number of rotatable bonds is 6. The van der Waals surface area contributed by atoms with Crippen LogP contribution in [0.5, 0.6) is 0 Å². The molecule has 1 saturated heterocycles. The average molecular weight is 364 g/mol. The average Bonchev–Trinajstić information content (AvgIpc) is 2.68. The molecule has 0 aromatic heterocycles. The van der Waals surface area contributed by atoms with Crippen LogP contribution in [0.15, 0.2) is 48.5 Å². The SMILES string of the molecule is CC(=O)c1ccc(C(=O)Nc2ccccc2CCC2CCCCN2C)cc1. The number of hydrogen-bond donors (Lipinski definition) is 1. The first-order valence-electron chi connectivity index (χ1n) is 9.75. The molecule has 1 aliphatic rings. The molecule has 142 valence electrons. The molecule has 1 N–H and O–H groups in total. The van der Waals surface area contributed by atoms with Gasteiger partial charge in [-0.1, -0.05) is 36.8 Å².